The third-order valence-electron chi connectivity index (χ3n) is 1.75. The quantitative estimate of drug-likeness (QED) is 0.364. The number of rotatable bonds is 9. The van der Waals surface area contributed by atoms with Gasteiger partial charge in [-0.2, -0.15) is 12.6 Å². The second kappa shape index (κ2) is 9.47. The number of aliphatic carboxylic acids is 1. The number of carbonyl (C=O) groups is 2. The number of hydrogen-bond donors (Lipinski definition) is 2. The molecule has 0 radical (unpaired) electrons. The van der Waals surface area contributed by atoms with Crippen LogP contribution in [0.5, 0.6) is 0 Å². The van der Waals surface area contributed by atoms with Crippen molar-refractivity contribution in [2.45, 2.75) is 31.4 Å². The van der Waals surface area contributed by atoms with Gasteiger partial charge in [-0.25, -0.2) is 0 Å². The Morgan fingerprint density at radius 3 is 2.56 bits per heavy atom. The molecular weight excluding hydrogens is 232 g/mol. The van der Waals surface area contributed by atoms with Crippen molar-refractivity contribution >= 4 is 24.6 Å². The highest BCUT2D eigenvalue weighted by atomic mass is 32.1. The van der Waals surface area contributed by atoms with Gasteiger partial charge in [-0.05, 0) is 6.42 Å². The van der Waals surface area contributed by atoms with Crippen LogP contribution in [-0.4, -0.2) is 42.1 Å². The molecule has 0 rings (SSSR count). The number of carboxylic acids is 1. The lowest BCUT2D eigenvalue weighted by atomic mass is 10.3. The second-order valence-electron chi connectivity index (χ2n) is 3.25. The molecule has 0 bridgehead atoms. The lowest BCUT2D eigenvalue weighted by Gasteiger charge is -2.08. The third kappa shape index (κ3) is 8.55. The summed E-state index contributed by atoms with van der Waals surface area (Å²) in [5.41, 5.74) is 0. The molecule has 0 spiro atoms. The molecule has 1 atom stereocenters. The van der Waals surface area contributed by atoms with E-state index in [0.29, 0.717) is 13.2 Å². The minimum Gasteiger partial charge on any atom is -0.481 e. The van der Waals surface area contributed by atoms with Gasteiger partial charge >= 0.3 is 11.9 Å². The highest BCUT2D eigenvalue weighted by Gasteiger charge is 2.18. The molecule has 0 saturated heterocycles. The van der Waals surface area contributed by atoms with Crippen LogP contribution in [0.2, 0.25) is 0 Å². The number of esters is 1. The summed E-state index contributed by atoms with van der Waals surface area (Å²) in [7, 11) is 0. The van der Waals surface area contributed by atoms with E-state index >= 15 is 0 Å². The molecule has 0 aliphatic rings. The summed E-state index contributed by atoms with van der Waals surface area (Å²) in [6, 6.07) is 0. The number of carbonyl (C=O) groups excluding carboxylic acids is 1. The van der Waals surface area contributed by atoms with Gasteiger partial charge in [-0.3, -0.25) is 9.59 Å². The molecule has 16 heavy (non-hydrogen) atoms. The Kier molecular flexibility index (Phi) is 9.03. The first-order valence-corrected chi connectivity index (χ1v) is 5.73. The van der Waals surface area contributed by atoms with Crippen molar-refractivity contribution in [2.75, 3.05) is 19.8 Å². The molecule has 94 valence electrons. The predicted octanol–water partition coefficient (Wildman–Crippen LogP) is 1.12. The van der Waals surface area contributed by atoms with Gasteiger partial charge in [0.2, 0.25) is 0 Å². The van der Waals surface area contributed by atoms with Crippen LogP contribution in [0.4, 0.5) is 0 Å². The summed E-state index contributed by atoms with van der Waals surface area (Å²) < 4.78 is 9.95. The molecule has 0 aromatic heterocycles. The lowest BCUT2D eigenvalue weighted by molar-refractivity contribution is -0.148. The Hall–Kier alpha value is -0.750. The van der Waals surface area contributed by atoms with Gasteiger partial charge in [-0.15, -0.1) is 0 Å². The van der Waals surface area contributed by atoms with Crippen molar-refractivity contribution in [1.29, 1.82) is 0 Å². The van der Waals surface area contributed by atoms with Crippen LogP contribution in [0.25, 0.3) is 0 Å². The van der Waals surface area contributed by atoms with Gasteiger partial charge in [0.05, 0.1) is 13.0 Å². The van der Waals surface area contributed by atoms with Crippen LogP contribution in [-0.2, 0) is 19.1 Å². The van der Waals surface area contributed by atoms with Crippen LogP contribution in [0.15, 0.2) is 0 Å². The number of thiol groups is 1. The number of ether oxygens (including phenoxy) is 2. The zero-order valence-corrected chi connectivity index (χ0v) is 10.2. The van der Waals surface area contributed by atoms with E-state index in [2.05, 4.69) is 19.6 Å². The van der Waals surface area contributed by atoms with Crippen LogP contribution in [0.1, 0.15) is 26.2 Å². The first-order chi connectivity index (χ1) is 7.57. The standard InChI is InChI=1S/C10H18O5S/c1-2-3-4-14-5-6-15-10(13)8(16)7-9(11)12/h8,16H,2-7H2,1H3,(H,11,12). The fourth-order valence-corrected chi connectivity index (χ4v) is 1.13. The normalized spacial score (nSPS) is 12.1. The highest BCUT2D eigenvalue weighted by Crippen LogP contribution is 2.03. The average Bonchev–Trinajstić information content (AvgIpc) is 2.21. The van der Waals surface area contributed by atoms with Crippen LogP contribution >= 0.6 is 12.6 Å². The number of carboxylic acid groups (broad SMARTS) is 1. The van der Waals surface area contributed by atoms with Gasteiger partial charge in [0.1, 0.15) is 11.9 Å². The summed E-state index contributed by atoms with van der Waals surface area (Å²) in [6.07, 6.45) is 1.69. The van der Waals surface area contributed by atoms with Crippen molar-refractivity contribution in [1.82, 2.24) is 0 Å². The fourth-order valence-electron chi connectivity index (χ4n) is 0.895. The highest BCUT2D eigenvalue weighted by molar-refractivity contribution is 7.81. The number of unbranched alkanes of at least 4 members (excludes halogenated alkanes) is 1. The molecule has 0 aromatic carbocycles. The summed E-state index contributed by atoms with van der Waals surface area (Å²) in [4.78, 5) is 21.4. The molecule has 0 saturated carbocycles. The van der Waals surface area contributed by atoms with E-state index in [0.717, 1.165) is 12.8 Å². The minimum absolute atomic E-state index is 0.138. The maximum absolute atomic E-state index is 11.1. The molecule has 0 fully saturated rings. The monoisotopic (exact) mass is 250 g/mol. The van der Waals surface area contributed by atoms with Crippen LogP contribution in [0, 0.1) is 0 Å². The summed E-state index contributed by atoms with van der Waals surface area (Å²) >= 11 is 3.83. The Balaban J connectivity index is 3.46. The average molecular weight is 250 g/mol. The maximum atomic E-state index is 11.1. The van der Waals surface area contributed by atoms with Crippen molar-refractivity contribution in [3.05, 3.63) is 0 Å². The lowest BCUT2D eigenvalue weighted by Crippen LogP contribution is -2.23. The molecule has 1 unspecified atom stereocenters. The molecule has 0 aliphatic carbocycles. The molecule has 0 heterocycles. The Morgan fingerprint density at radius 1 is 1.31 bits per heavy atom. The SMILES string of the molecule is CCCCOCCOC(=O)C(S)CC(=O)O. The van der Waals surface area contributed by atoms with Crippen molar-refractivity contribution in [2.24, 2.45) is 0 Å². The molecule has 0 amide bonds. The van der Waals surface area contributed by atoms with Gasteiger partial charge in [-0.1, -0.05) is 13.3 Å². The molecule has 0 aliphatic heterocycles. The van der Waals surface area contributed by atoms with Gasteiger partial charge in [0.25, 0.3) is 0 Å². The van der Waals surface area contributed by atoms with Crippen LogP contribution in [0.3, 0.4) is 0 Å². The van der Waals surface area contributed by atoms with E-state index in [4.69, 9.17) is 14.6 Å². The van der Waals surface area contributed by atoms with E-state index in [1.807, 2.05) is 0 Å². The van der Waals surface area contributed by atoms with E-state index in [-0.39, 0.29) is 13.0 Å². The predicted molar refractivity (Wildman–Crippen MR) is 61.7 cm³/mol. The fraction of sp³-hybridized carbons (Fsp3) is 0.800. The topological polar surface area (TPSA) is 72.8 Å². The first kappa shape index (κ1) is 15.2. The minimum atomic E-state index is -1.07. The molecule has 1 N–H and O–H groups in total. The largest absolute Gasteiger partial charge is 0.481 e. The van der Waals surface area contributed by atoms with E-state index in [9.17, 15) is 9.59 Å². The number of hydrogen-bond acceptors (Lipinski definition) is 5. The van der Waals surface area contributed by atoms with E-state index < -0.39 is 17.2 Å². The zero-order valence-electron chi connectivity index (χ0n) is 9.35. The van der Waals surface area contributed by atoms with Gasteiger partial charge < -0.3 is 14.6 Å². The first-order valence-electron chi connectivity index (χ1n) is 5.22. The Bertz CT molecular complexity index is 219. The van der Waals surface area contributed by atoms with Crippen LogP contribution < -0.4 is 0 Å². The maximum Gasteiger partial charge on any atom is 0.319 e. The smallest absolute Gasteiger partial charge is 0.319 e. The molecule has 5 nitrogen and oxygen atoms in total. The molecule has 0 aromatic rings. The van der Waals surface area contributed by atoms with Gasteiger partial charge in [0, 0.05) is 6.61 Å². The summed E-state index contributed by atoms with van der Waals surface area (Å²) in [5, 5.41) is 7.51. The van der Waals surface area contributed by atoms with Crippen molar-refractivity contribution in [3.8, 4) is 0 Å². The Labute approximate surface area is 101 Å². The summed E-state index contributed by atoms with van der Waals surface area (Å²) in [5.74, 6) is -1.69. The molecule has 6 heteroatoms. The van der Waals surface area contributed by atoms with Gasteiger partial charge in [0.15, 0.2) is 0 Å². The second-order valence-corrected chi connectivity index (χ2v) is 3.87. The summed E-state index contributed by atoms with van der Waals surface area (Å²) in [6.45, 7) is 3.17. The van der Waals surface area contributed by atoms with E-state index in [1.165, 1.54) is 0 Å². The zero-order chi connectivity index (χ0) is 12.4. The molecular formula is C10H18O5S. The van der Waals surface area contributed by atoms with E-state index in [1.54, 1.807) is 0 Å². The van der Waals surface area contributed by atoms with Crippen molar-refractivity contribution < 1.29 is 24.2 Å². The van der Waals surface area contributed by atoms with Crippen molar-refractivity contribution in [3.63, 3.8) is 0 Å². The Morgan fingerprint density at radius 2 is 2.00 bits per heavy atom. The third-order valence-corrected chi connectivity index (χ3v) is 2.15.